The lowest BCUT2D eigenvalue weighted by molar-refractivity contribution is 0.320. The van der Waals surface area contributed by atoms with E-state index in [1.807, 2.05) is 36.2 Å². The molecule has 1 fully saturated rings. The van der Waals surface area contributed by atoms with Gasteiger partial charge in [-0.15, -0.1) is 0 Å². The number of rotatable bonds is 4. The monoisotopic (exact) mass is 418 g/mol. The van der Waals surface area contributed by atoms with Crippen LogP contribution in [0.2, 0.25) is 0 Å². The summed E-state index contributed by atoms with van der Waals surface area (Å²) in [5.41, 5.74) is 5.92. The molecule has 0 N–H and O–H groups in total. The number of hydrogen-bond donors (Lipinski definition) is 0. The summed E-state index contributed by atoms with van der Waals surface area (Å²) in [6.07, 6.45) is 1.87. The van der Waals surface area contributed by atoms with Gasteiger partial charge in [-0.2, -0.15) is 0 Å². The molecule has 2 aliphatic heterocycles. The fraction of sp³-hybridized carbons (Fsp3) is 0.333. The fourth-order valence-corrected chi connectivity index (χ4v) is 5.78. The van der Waals surface area contributed by atoms with Crippen molar-refractivity contribution in [2.45, 2.75) is 38.1 Å². The Morgan fingerprint density at radius 2 is 1.97 bits per heavy atom. The summed E-state index contributed by atoms with van der Waals surface area (Å²) < 4.78 is 7.77. The van der Waals surface area contributed by atoms with Gasteiger partial charge in [0.25, 0.3) is 0 Å². The number of methoxy groups -OCH3 is 1. The van der Waals surface area contributed by atoms with Gasteiger partial charge in [0.05, 0.1) is 18.8 Å². The Morgan fingerprint density at radius 3 is 2.73 bits per heavy atom. The first-order valence-electron chi connectivity index (χ1n) is 10.3. The van der Waals surface area contributed by atoms with Gasteiger partial charge in [-0.1, -0.05) is 30.8 Å². The lowest BCUT2D eigenvalue weighted by Crippen LogP contribution is -2.28. The predicted molar refractivity (Wildman–Crippen MR) is 123 cm³/mol. The number of aromatic nitrogens is 2. The van der Waals surface area contributed by atoms with Crippen LogP contribution < -0.4 is 4.74 Å². The van der Waals surface area contributed by atoms with Crippen LogP contribution in [0.5, 0.6) is 5.75 Å². The lowest BCUT2D eigenvalue weighted by Gasteiger charge is -2.27. The van der Waals surface area contributed by atoms with Gasteiger partial charge in [0.1, 0.15) is 11.8 Å². The van der Waals surface area contributed by atoms with Crippen LogP contribution in [0.1, 0.15) is 41.7 Å². The second-order valence-corrected chi connectivity index (χ2v) is 9.41. The zero-order valence-electron chi connectivity index (χ0n) is 17.7. The van der Waals surface area contributed by atoms with E-state index in [0.717, 1.165) is 28.8 Å². The molecular formula is C24H26N4OS. The van der Waals surface area contributed by atoms with Crippen molar-refractivity contribution in [2.75, 3.05) is 13.7 Å². The van der Waals surface area contributed by atoms with Gasteiger partial charge in [-0.05, 0) is 49.7 Å². The first-order chi connectivity index (χ1) is 14.6. The first-order valence-corrected chi connectivity index (χ1v) is 11.2. The highest BCUT2D eigenvalue weighted by Crippen LogP contribution is 2.48. The Labute approximate surface area is 181 Å². The molecule has 0 saturated carbocycles. The van der Waals surface area contributed by atoms with Crippen molar-refractivity contribution in [1.82, 2.24) is 14.5 Å². The van der Waals surface area contributed by atoms with E-state index in [1.54, 1.807) is 7.11 Å². The van der Waals surface area contributed by atoms with Crippen molar-refractivity contribution < 1.29 is 4.74 Å². The van der Waals surface area contributed by atoms with Gasteiger partial charge in [-0.25, -0.2) is 0 Å². The molecule has 154 valence electrons. The van der Waals surface area contributed by atoms with E-state index in [9.17, 15) is 0 Å². The lowest BCUT2D eigenvalue weighted by atomic mass is 9.96. The normalized spacial score (nSPS) is 22.9. The van der Waals surface area contributed by atoms with Gasteiger partial charge in [-0.3, -0.25) is 9.98 Å². The maximum atomic E-state index is 5.46. The van der Waals surface area contributed by atoms with Crippen molar-refractivity contribution in [3.05, 3.63) is 77.4 Å². The molecule has 30 heavy (non-hydrogen) atoms. The predicted octanol–water partition coefficient (Wildman–Crippen LogP) is 5.09. The number of hydrogen-bond acceptors (Lipinski definition) is 5. The summed E-state index contributed by atoms with van der Waals surface area (Å²) in [5, 5.41) is 1.70. The van der Waals surface area contributed by atoms with E-state index >= 15 is 0 Å². The van der Waals surface area contributed by atoms with Crippen molar-refractivity contribution in [3.8, 4) is 11.4 Å². The number of pyridine rings is 1. The third kappa shape index (κ3) is 3.10. The molecule has 0 spiro atoms. The van der Waals surface area contributed by atoms with Gasteiger partial charge in [0.2, 0.25) is 0 Å². The van der Waals surface area contributed by atoms with Crippen molar-refractivity contribution >= 4 is 16.9 Å². The minimum atomic E-state index is 0.0143. The SMILES string of the molecule is COc1cccc(-n2c(C)cc([C@@H]3[C@H](c4ccccn4)N=C4S[C@@H](C)CN43)c2C)c1. The molecule has 4 heterocycles. The average molecular weight is 419 g/mol. The number of thioether (sulfide) groups is 1. The highest BCUT2D eigenvalue weighted by molar-refractivity contribution is 8.14. The maximum Gasteiger partial charge on any atom is 0.160 e. The van der Waals surface area contributed by atoms with Gasteiger partial charge in [0.15, 0.2) is 5.17 Å². The molecule has 0 bridgehead atoms. The summed E-state index contributed by atoms with van der Waals surface area (Å²) in [4.78, 5) is 12.3. The Morgan fingerprint density at radius 1 is 1.10 bits per heavy atom. The highest BCUT2D eigenvalue weighted by atomic mass is 32.2. The first kappa shape index (κ1) is 19.2. The van der Waals surface area contributed by atoms with E-state index in [2.05, 4.69) is 65.6 Å². The summed E-state index contributed by atoms with van der Waals surface area (Å²) in [7, 11) is 1.71. The molecule has 5 rings (SSSR count). The van der Waals surface area contributed by atoms with Gasteiger partial charge >= 0.3 is 0 Å². The number of nitrogens with zero attached hydrogens (tertiary/aromatic N) is 4. The minimum absolute atomic E-state index is 0.0143. The Bertz CT molecular complexity index is 1110. The van der Waals surface area contributed by atoms with Crippen LogP contribution >= 0.6 is 11.8 Å². The molecule has 1 saturated heterocycles. The van der Waals surface area contributed by atoms with Crippen LogP contribution in [-0.4, -0.2) is 38.5 Å². The van der Waals surface area contributed by atoms with Crippen molar-refractivity contribution in [2.24, 2.45) is 4.99 Å². The Kier molecular flexibility index (Phi) is 4.82. The Hall–Kier alpha value is -2.73. The second kappa shape index (κ2) is 7.51. The van der Waals surface area contributed by atoms with E-state index in [4.69, 9.17) is 9.73 Å². The quantitative estimate of drug-likeness (QED) is 0.592. The topological polar surface area (TPSA) is 42.6 Å². The van der Waals surface area contributed by atoms with E-state index in [0.29, 0.717) is 5.25 Å². The molecule has 0 amide bonds. The number of ether oxygens (including phenoxy) is 1. The number of aryl methyl sites for hydroxylation is 1. The molecule has 0 unspecified atom stereocenters. The molecule has 3 atom stereocenters. The number of fused-ring (bicyclic) bond motifs is 1. The summed E-state index contributed by atoms with van der Waals surface area (Å²) in [6, 6.07) is 16.9. The van der Waals surface area contributed by atoms with Crippen LogP contribution in [0.3, 0.4) is 0 Å². The minimum Gasteiger partial charge on any atom is -0.497 e. The molecule has 1 aromatic carbocycles. The molecule has 0 radical (unpaired) electrons. The largest absolute Gasteiger partial charge is 0.497 e. The van der Waals surface area contributed by atoms with E-state index in [1.165, 1.54) is 17.0 Å². The number of amidine groups is 1. The third-order valence-corrected chi connectivity index (χ3v) is 7.08. The van der Waals surface area contributed by atoms with Crippen molar-refractivity contribution in [3.63, 3.8) is 0 Å². The standard InChI is InChI=1S/C24H26N4OS/c1-15-12-20(17(3)28(15)18-8-7-9-19(13-18)29-4)23-22(21-10-5-6-11-25-21)26-24-27(23)14-16(2)30-24/h5-13,16,22-23H,14H2,1-4H3/t16-,22-,23+/m0/s1. The van der Waals surface area contributed by atoms with E-state index < -0.39 is 0 Å². The maximum absolute atomic E-state index is 5.46. The smallest absolute Gasteiger partial charge is 0.160 e. The van der Waals surface area contributed by atoms with Crippen LogP contribution in [0, 0.1) is 13.8 Å². The van der Waals surface area contributed by atoms with Crippen molar-refractivity contribution in [1.29, 1.82) is 0 Å². The third-order valence-electron chi connectivity index (χ3n) is 5.98. The summed E-state index contributed by atoms with van der Waals surface area (Å²) in [5.74, 6) is 0.865. The molecule has 2 aliphatic rings. The highest BCUT2D eigenvalue weighted by Gasteiger charge is 2.44. The van der Waals surface area contributed by atoms with Gasteiger partial charge in [0, 0.05) is 41.1 Å². The number of benzene rings is 1. The van der Waals surface area contributed by atoms with Crippen LogP contribution in [0.4, 0.5) is 0 Å². The molecule has 5 nitrogen and oxygen atoms in total. The van der Waals surface area contributed by atoms with Crippen LogP contribution in [-0.2, 0) is 0 Å². The van der Waals surface area contributed by atoms with Crippen LogP contribution in [0.25, 0.3) is 5.69 Å². The molecule has 6 heteroatoms. The summed E-state index contributed by atoms with van der Waals surface area (Å²) in [6.45, 7) is 7.67. The van der Waals surface area contributed by atoms with Crippen LogP contribution in [0.15, 0.2) is 59.7 Å². The number of aliphatic imine (C=N–C) groups is 1. The fourth-order valence-electron chi connectivity index (χ4n) is 4.69. The van der Waals surface area contributed by atoms with E-state index in [-0.39, 0.29) is 12.1 Å². The van der Waals surface area contributed by atoms with Gasteiger partial charge < -0.3 is 14.2 Å². The zero-order chi connectivity index (χ0) is 20.8. The molecule has 0 aliphatic carbocycles. The second-order valence-electron chi connectivity index (χ2n) is 8.00. The molecule has 3 aromatic rings. The average Bonchev–Trinajstić information content (AvgIpc) is 3.38. The zero-order valence-corrected chi connectivity index (χ0v) is 18.6. The Balaban J connectivity index is 1.61. The summed E-state index contributed by atoms with van der Waals surface area (Å²) >= 11 is 1.88. The molecular weight excluding hydrogens is 392 g/mol. The molecule has 2 aromatic heterocycles.